The Balaban J connectivity index is 1.48. The highest BCUT2D eigenvalue weighted by Gasteiger charge is 2.28. The SMILES string of the molecule is CN1CCc2nc(C3CCCN(C(=O)Cc4ccc(F)cc4)C3)[nH]c(=O)c2C1. The summed E-state index contributed by atoms with van der Waals surface area (Å²) >= 11 is 0. The number of amides is 1. The molecule has 2 aliphatic heterocycles. The predicted molar refractivity (Wildman–Crippen MR) is 104 cm³/mol. The number of piperidine rings is 1. The summed E-state index contributed by atoms with van der Waals surface area (Å²) in [6.45, 7) is 2.79. The molecule has 1 aromatic heterocycles. The lowest BCUT2D eigenvalue weighted by Gasteiger charge is -2.33. The van der Waals surface area contributed by atoms with Gasteiger partial charge in [-0.25, -0.2) is 9.37 Å². The van der Waals surface area contributed by atoms with Crippen LogP contribution in [0, 0.1) is 5.82 Å². The number of likely N-dealkylation sites (tertiary alicyclic amines) is 1. The molecule has 2 aliphatic rings. The molecule has 0 bridgehead atoms. The van der Waals surface area contributed by atoms with E-state index in [0.29, 0.717) is 25.5 Å². The van der Waals surface area contributed by atoms with E-state index in [1.54, 1.807) is 12.1 Å². The van der Waals surface area contributed by atoms with Crippen LogP contribution in [0.15, 0.2) is 29.1 Å². The smallest absolute Gasteiger partial charge is 0.255 e. The van der Waals surface area contributed by atoms with Gasteiger partial charge < -0.3 is 14.8 Å². The predicted octanol–water partition coefficient (Wildman–Crippen LogP) is 1.85. The van der Waals surface area contributed by atoms with E-state index in [-0.39, 0.29) is 29.6 Å². The molecule has 3 heterocycles. The molecule has 0 spiro atoms. The fraction of sp³-hybridized carbons (Fsp3) is 0.476. The standard InChI is InChI=1S/C21H25FN4O2/c1-25-10-8-18-17(13-25)21(28)24-20(23-18)15-3-2-9-26(12-15)19(27)11-14-4-6-16(22)7-5-14/h4-7,15H,2-3,8-13H2,1H3,(H,23,24,28). The van der Waals surface area contributed by atoms with Gasteiger partial charge in [0.15, 0.2) is 0 Å². The van der Waals surface area contributed by atoms with E-state index in [2.05, 4.69) is 9.88 Å². The summed E-state index contributed by atoms with van der Waals surface area (Å²) < 4.78 is 13.1. The van der Waals surface area contributed by atoms with E-state index in [1.807, 2.05) is 11.9 Å². The Kier molecular flexibility index (Phi) is 5.26. The number of aromatic amines is 1. The minimum Gasteiger partial charge on any atom is -0.342 e. The van der Waals surface area contributed by atoms with Crippen LogP contribution in [0.4, 0.5) is 4.39 Å². The summed E-state index contributed by atoms with van der Waals surface area (Å²) in [4.78, 5) is 36.9. The molecular formula is C21H25FN4O2. The first-order chi connectivity index (χ1) is 13.5. The molecule has 1 unspecified atom stereocenters. The average molecular weight is 384 g/mol. The van der Waals surface area contributed by atoms with Crippen molar-refractivity contribution >= 4 is 5.91 Å². The number of nitrogens with zero attached hydrogens (tertiary/aromatic N) is 3. The van der Waals surface area contributed by atoms with Gasteiger partial charge in [-0.1, -0.05) is 12.1 Å². The maximum atomic E-state index is 13.1. The van der Waals surface area contributed by atoms with Gasteiger partial charge >= 0.3 is 0 Å². The third kappa shape index (κ3) is 3.99. The van der Waals surface area contributed by atoms with E-state index < -0.39 is 0 Å². The molecule has 0 saturated carbocycles. The number of halogens is 1. The fourth-order valence-corrected chi connectivity index (χ4v) is 4.09. The molecule has 2 aromatic rings. The Bertz CT molecular complexity index is 925. The largest absolute Gasteiger partial charge is 0.342 e. The maximum Gasteiger partial charge on any atom is 0.255 e. The van der Waals surface area contributed by atoms with Gasteiger partial charge in [0.25, 0.3) is 5.56 Å². The number of fused-ring (bicyclic) bond motifs is 1. The van der Waals surface area contributed by atoms with E-state index >= 15 is 0 Å². The molecule has 1 N–H and O–H groups in total. The normalized spacial score (nSPS) is 20.1. The van der Waals surface area contributed by atoms with E-state index in [0.717, 1.165) is 42.6 Å². The zero-order valence-electron chi connectivity index (χ0n) is 16.1. The second-order valence-electron chi connectivity index (χ2n) is 7.85. The van der Waals surface area contributed by atoms with Crippen molar-refractivity contribution in [2.24, 2.45) is 0 Å². The number of H-pyrrole nitrogens is 1. The molecule has 1 atom stereocenters. The first kappa shape index (κ1) is 18.8. The van der Waals surface area contributed by atoms with Gasteiger partial charge in [-0.05, 0) is 37.6 Å². The molecule has 4 rings (SSSR count). The topological polar surface area (TPSA) is 69.3 Å². The first-order valence-corrected chi connectivity index (χ1v) is 9.82. The van der Waals surface area contributed by atoms with Gasteiger partial charge in [-0.3, -0.25) is 9.59 Å². The number of benzene rings is 1. The minimum absolute atomic E-state index is 0.0261. The van der Waals surface area contributed by atoms with Gasteiger partial charge in [0, 0.05) is 38.5 Å². The summed E-state index contributed by atoms with van der Waals surface area (Å²) in [7, 11) is 2.00. The van der Waals surface area contributed by atoms with Crippen LogP contribution in [0.25, 0.3) is 0 Å². The van der Waals surface area contributed by atoms with E-state index in [4.69, 9.17) is 4.98 Å². The van der Waals surface area contributed by atoms with Crippen molar-refractivity contribution in [3.05, 3.63) is 63.1 Å². The molecule has 6 nitrogen and oxygen atoms in total. The lowest BCUT2D eigenvalue weighted by atomic mass is 9.95. The van der Waals surface area contributed by atoms with E-state index in [1.165, 1.54) is 12.1 Å². The average Bonchev–Trinajstić information content (AvgIpc) is 2.70. The number of nitrogens with one attached hydrogen (secondary N) is 1. The van der Waals surface area contributed by atoms with Gasteiger partial charge in [-0.15, -0.1) is 0 Å². The highest BCUT2D eigenvalue weighted by Crippen LogP contribution is 2.25. The molecular weight excluding hydrogens is 359 g/mol. The minimum atomic E-state index is -0.303. The van der Waals surface area contributed by atoms with Crippen molar-refractivity contribution in [1.82, 2.24) is 19.8 Å². The summed E-state index contributed by atoms with van der Waals surface area (Å²) in [6, 6.07) is 6.05. The summed E-state index contributed by atoms with van der Waals surface area (Å²) in [5, 5.41) is 0. The van der Waals surface area contributed by atoms with Crippen LogP contribution in [0.3, 0.4) is 0 Å². The Hall–Kier alpha value is -2.54. The van der Waals surface area contributed by atoms with Crippen molar-refractivity contribution < 1.29 is 9.18 Å². The van der Waals surface area contributed by atoms with Crippen molar-refractivity contribution in [1.29, 1.82) is 0 Å². The molecule has 0 aliphatic carbocycles. The monoisotopic (exact) mass is 384 g/mol. The summed E-state index contributed by atoms with van der Waals surface area (Å²) in [6.07, 6.45) is 2.82. The lowest BCUT2D eigenvalue weighted by Crippen LogP contribution is -2.41. The Morgan fingerprint density at radius 3 is 2.86 bits per heavy atom. The second-order valence-corrected chi connectivity index (χ2v) is 7.85. The third-order valence-electron chi connectivity index (χ3n) is 5.71. The molecule has 1 saturated heterocycles. The van der Waals surface area contributed by atoms with Crippen LogP contribution >= 0.6 is 0 Å². The van der Waals surface area contributed by atoms with Gasteiger partial charge in [0.05, 0.1) is 17.7 Å². The van der Waals surface area contributed by atoms with Crippen LogP contribution < -0.4 is 5.56 Å². The highest BCUT2D eigenvalue weighted by atomic mass is 19.1. The Labute approximate surface area is 163 Å². The number of carbonyl (C=O) groups is 1. The van der Waals surface area contributed by atoms with E-state index in [9.17, 15) is 14.0 Å². The summed E-state index contributed by atoms with van der Waals surface area (Å²) in [5.74, 6) is 0.470. The molecule has 1 amide bonds. The molecule has 1 fully saturated rings. The van der Waals surface area contributed by atoms with Crippen molar-refractivity contribution in [2.75, 3.05) is 26.7 Å². The molecule has 7 heteroatoms. The van der Waals surface area contributed by atoms with Crippen LogP contribution in [-0.4, -0.2) is 52.4 Å². The molecule has 28 heavy (non-hydrogen) atoms. The number of likely N-dealkylation sites (N-methyl/N-ethyl adjacent to an activating group) is 1. The maximum absolute atomic E-state index is 13.1. The second kappa shape index (κ2) is 7.83. The lowest BCUT2D eigenvalue weighted by molar-refractivity contribution is -0.131. The summed E-state index contributed by atoms with van der Waals surface area (Å²) in [5.41, 5.74) is 2.41. The Morgan fingerprint density at radius 2 is 2.07 bits per heavy atom. The third-order valence-corrected chi connectivity index (χ3v) is 5.71. The van der Waals surface area contributed by atoms with Crippen molar-refractivity contribution in [3.8, 4) is 0 Å². The zero-order chi connectivity index (χ0) is 19.7. The van der Waals surface area contributed by atoms with Crippen LogP contribution in [0.5, 0.6) is 0 Å². The van der Waals surface area contributed by atoms with Crippen LogP contribution in [-0.2, 0) is 24.2 Å². The number of aromatic nitrogens is 2. The fourth-order valence-electron chi connectivity index (χ4n) is 4.09. The molecule has 148 valence electrons. The van der Waals surface area contributed by atoms with Gasteiger partial charge in [0.1, 0.15) is 11.6 Å². The number of carbonyl (C=O) groups excluding carboxylic acids is 1. The number of rotatable bonds is 3. The zero-order valence-corrected chi connectivity index (χ0v) is 16.1. The van der Waals surface area contributed by atoms with Crippen LogP contribution in [0.2, 0.25) is 0 Å². The van der Waals surface area contributed by atoms with Crippen molar-refractivity contribution in [2.45, 2.75) is 38.1 Å². The van der Waals surface area contributed by atoms with Gasteiger partial charge in [-0.2, -0.15) is 0 Å². The Morgan fingerprint density at radius 1 is 1.29 bits per heavy atom. The number of hydrogen-bond acceptors (Lipinski definition) is 4. The number of hydrogen-bond donors (Lipinski definition) is 1. The first-order valence-electron chi connectivity index (χ1n) is 9.82. The highest BCUT2D eigenvalue weighted by molar-refractivity contribution is 5.79. The quantitative estimate of drug-likeness (QED) is 0.877. The van der Waals surface area contributed by atoms with Crippen molar-refractivity contribution in [3.63, 3.8) is 0 Å². The van der Waals surface area contributed by atoms with Crippen LogP contribution in [0.1, 0.15) is 41.4 Å². The molecule has 0 radical (unpaired) electrons. The molecule has 1 aromatic carbocycles. The van der Waals surface area contributed by atoms with Gasteiger partial charge in [0.2, 0.25) is 5.91 Å².